The highest BCUT2D eigenvalue weighted by molar-refractivity contribution is 6.11. The first-order valence-corrected chi connectivity index (χ1v) is 9.74. The second kappa shape index (κ2) is 8.20. The van der Waals surface area contributed by atoms with Gasteiger partial charge in [0, 0.05) is 34.9 Å². The molecule has 3 aromatic rings. The molecule has 1 saturated heterocycles. The average molecular weight is 409 g/mol. The molecule has 0 spiro atoms. The third-order valence-corrected chi connectivity index (χ3v) is 5.28. The smallest absolute Gasteiger partial charge is 0.253 e. The van der Waals surface area contributed by atoms with Crippen molar-refractivity contribution in [1.29, 1.82) is 0 Å². The summed E-state index contributed by atoms with van der Waals surface area (Å²) in [4.78, 5) is 25.4. The van der Waals surface area contributed by atoms with Crippen LogP contribution in [-0.2, 0) is 9.53 Å². The molecular weight excluding hydrogens is 386 g/mol. The van der Waals surface area contributed by atoms with E-state index in [0.29, 0.717) is 34.9 Å². The molecule has 0 aliphatic carbocycles. The molecule has 1 amide bonds. The molecule has 1 aliphatic rings. The third-order valence-electron chi connectivity index (χ3n) is 5.28. The topological polar surface area (TPSA) is 87.0 Å². The molecule has 1 unspecified atom stereocenters. The van der Waals surface area contributed by atoms with E-state index in [9.17, 15) is 9.59 Å². The van der Waals surface area contributed by atoms with Crippen LogP contribution < -0.4 is 14.8 Å². The van der Waals surface area contributed by atoms with Gasteiger partial charge < -0.3 is 23.9 Å². The van der Waals surface area contributed by atoms with Crippen LogP contribution in [0.2, 0.25) is 0 Å². The number of hydrogen-bond donors (Lipinski definition) is 1. The molecule has 7 heteroatoms. The lowest BCUT2D eigenvalue weighted by Gasteiger charge is -2.10. The quantitative estimate of drug-likeness (QED) is 0.617. The summed E-state index contributed by atoms with van der Waals surface area (Å²) < 4.78 is 21.8. The Morgan fingerprint density at radius 1 is 1.07 bits per heavy atom. The second-order valence-electron chi connectivity index (χ2n) is 7.16. The predicted octanol–water partition coefficient (Wildman–Crippen LogP) is 4.11. The lowest BCUT2D eigenvalue weighted by atomic mass is 10.0. The highest BCUT2D eigenvalue weighted by Crippen LogP contribution is 2.32. The molecule has 30 heavy (non-hydrogen) atoms. The SMILES string of the molecule is COc1ccc(C(=O)c2oc3cc(NC(=O)C4CCCO4)ccc3c2C)cc1OC. The maximum absolute atomic E-state index is 13.1. The minimum absolute atomic E-state index is 0.170. The van der Waals surface area contributed by atoms with Crippen LogP contribution >= 0.6 is 0 Å². The Morgan fingerprint density at radius 3 is 2.57 bits per heavy atom. The minimum atomic E-state index is -0.416. The Morgan fingerprint density at radius 2 is 1.87 bits per heavy atom. The van der Waals surface area contributed by atoms with Gasteiger partial charge in [-0.25, -0.2) is 0 Å². The number of ether oxygens (including phenoxy) is 3. The average Bonchev–Trinajstić information content (AvgIpc) is 3.41. The van der Waals surface area contributed by atoms with Crippen molar-refractivity contribution in [3.05, 3.63) is 53.3 Å². The van der Waals surface area contributed by atoms with Gasteiger partial charge in [0.25, 0.3) is 5.91 Å². The van der Waals surface area contributed by atoms with Crippen LogP contribution in [0.1, 0.15) is 34.5 Å². The number of ketones is 1. The normalized spacial score (nSPS) is 15.9. The van der Waals surface area contributed by atoms with Gasteiger partial charge in [0.2, 0.25) is 5.78 Å². The number of carbonyl (C=O) groups is 2. The number of methoxy groups -OCH3 is 2. The molecule has 1 fully saturated rings. The van der Waals surface area contributed by atoms with E-state index in [4.69, 9.17) is 18.6 Å². The summed E-state index contributed by atoms with van der Waals surface area (Å²) in [5, 5.41) is 3.67. The summed E-state index contributed by atoms with van der Waals surface area (Å²) in [7, 11) is 3.06. The van der Waals surface area contributed by atoms with Crippen molar-refractivity contribution in [2.24, 2.45) is 0 Å². The van der Waals surface area contributed by atoms with Crippen molar-refractivity contribution in [1.82, 2.24) is 0 Å². The van der Waals surface area contributed by atoms with Gasteiger partial charge in [-0.15, -0.1) is 0 Å². The summed E-state index contributed by atoms with van der Waals surface area (Å²) >= 11 is 0. The van der Waals surface area contributed by atoms with Gasteiger partial charge in [-0.2, -0.15) is 0 Å². The Bertz CT molecular complexity index is 1110. The first kappa shape index (κ1) is 20.0. The van der Waals surface area contributed by atoms with E-state index in [-0.39, 0.29) is 17.5 Å². The van der Waals surface area contributed by atoms with E-state index in [2.05, 4.69) is 5.32 Å². The first-order valence-electron chi connectivity index (χ1n) is 9.74. The van der Waals surface area contributed by atoms with E-state index < -0.39 is 6.10 Å². The van der Waals surface area contributed by atoms with E-state index in [1.807, 2.05) is 13.0 Å². The number of rotatable bonds is 6. The van der Waals surface area contributed by atoms with Gasteiger partial charge in [0.05, 0.1) is 14.2 Å². The molecule has 2 heterocycles. The molecular formula is C23H23NO6. The fourth-order valence-electron chi connectivity index (χ4n) is 3.64. The van der Waals surface area contributed by atoms with Gasteiger partial charge in [-0.1, -0.05) is 0 Å². The molecule has 4 rings (SSSR count). The van der Waals surface area contributed by atoms with Crippen molar-refractivity contribution in [2.75, 3.05) is 26.1 Å². The van der Waals surface area contributed by atoms with Gasteiger partial charge >= 0.3 is 0 Å². The Kier molecular flexibility index (Phi) is 5.46. The number of fused-ring (bicyclic) bond motifs is 1. The molecule has 0 saturated carbocycles. The van der Waals surface area contributed by atoms with Crippen LogP contribution in [0.25, 0.3) is 11.0 Å². The molecule has 0 bridgehead atoms. The number of amides is 1. The molecule has 1 aliphatic heterocycles. The summed E-state index contributed by atoms with van der Waals surface area (Å²) in [5.74, 6) is 0.837. The van der Waals surface area contributed by atoms with Gasteiger partial charge in [0.1, 0.15) is 11.7 Å². The van der Waals surface area contributed by atoms with E-state index >= 15 is 0 Å². The number of benzene rings is 2. The number of nitrogens with one attached hydrogen (secondary N) is 1. The zero-order valence-corrected chi connectivity index (χ0v) is 17.1. The van der Waals surface area contributed by atoms with Crippen molar-refractivity contribution in [3.63, 3.8) is 0 Å². The monoisotopic (exact) mass is 409 g/mol. The van der Waals surface area contributed by atoms with Crippen LogP contribution in [0.4, 0.5) is 5.69 Å². The van der Waals surface area contributed by atoms with Gasteiger partial charge in [-0.3, -0.25) is 9.59 Å². The number of furan rings is 1. The third kappa shape index (κ3) is 3.64. The van der Waals surface area contributed by atoms with Crippen LogP contribution in [0.3, 0.4) is 0 Å². The van der Waals surface area contributed by atoms with E-state index in [0.717, 1.165) is 23.8 Å². The summed E-state index contributed by atoms with van der Waals surface area (Å²) in [6, 6.07) is 10.3. The van der Waals surface area contributed by atoms with E-state index in [1.54, 1.807) is 30.3 Å². The van der Waals surface area contributed by atoms with Crippen molar-refractivity contribution in [3.8, 4) is 11.5 Å². The molecule has 2 aromatic carbocycles. The fraction of sp³-hybridized carbons (Fsp3) is 0.304. The van der Waals surface area contributed by atoms with Crippen LogP contribution in [0.5, 0.6) is 11.5 Å². The highest BCUT2D eigenvalue weighted by atomic mass is 16.5. The molecule has 0 radical (unpaired) electrons. The lowest BCUT2D eigenvalue weighted by Crippen LogP contribution is -2.26. The zero-order valence-electron chi connectivity index (χ0n) is 17.1. The van der Waals surface area contributed by atoms with Gasteiger partial charge in [0.15, 0.2) is 17.3 Å². The lowest BCUT2D eigenvalue weighted by molar-refractivity contribution is -0.124. The fourth-order valence-corrected chi connectivity index (χ4v) is 3.64. The summed E-state index contributed by atoms with van der Waals surface area (Å²) in [5.41, 5.74) is 2.30. The minimum Gasteiger partial charge on any atom is -0.493 e. The van der Waals surface area contributed by atoms with Crippen molar-refractivity contribution in [2.45, 2.75) is 25.9 Å². The number of hydrogen-bond acceptors (Lipinski definition) is 6. The molecule has 1 aromatic heterocycles. The zero-order chi connectivity index (χ0) is 21.3. The maximum atomic E-state index is 13.1. The summed E-state index contributed by atoms with van der Waals surface area (Å²) in [6.45, 7) is 2.45. The molecule has 7 nitrogen and oxygen atoms in total. The maximum Gasteiger partial charge on any atom is 0.253 e. The largest absolute Gasteiger partial charge is 0.493 e. The van der Waals surface area contributed by atoms with Crippen molar-refractivity contribution >= 4 is 28.3 Å². The van der Waals surface area contributed by atoms with Crippen LogP contribution in [0.15, 0.2) is 40.8 Å². The highest BCUT2D eigenvalue weighted by Gasteiger charge is 2.24. The second-order valence-corrected chi connectivity index (χ2v) is 7.16. The summed E-state index contributed by atoms with van der Waals surface area (Å²) in [6.07, 6.45) is 1.19. The van der Waals surface area contributed by atoms with E-state index in [1.165, 1.54) is 14.2 Å². The molecule has 1 atom stereocenters. The van der Waals surface area contributed by atoms with Crippen LogP contribution in [-0.4, -0.2) is 38.6 Å². The standard InChI is InChI=1S/C23H23NO6/c1-13-16-8-7-15(24-23(26)18-5-4-10-29-18)12-19(16)30-22(13)21(25)14-6-9-17(27-2)20(11-14)28-3/h6-9,11-12,18H,4-5,10H2,1-3H3,(H,24,26). The Balaban J connectivity index is 1.62. The molecule has 156 valence electrons. The Labute approximate surface area is 173 Å². The number of anilines is 1. The molecule has 1 N–H and O–H groups in total. The number of aryl methyl sites for hydroxylation is 1. The van der Waals surface area contributed by atoms with Crippen molar-refractivity contribution < 1.29 is 28.2 Å². The Hall–Kier alpha value is -3.32. The predicted molar refractivity (Wildman–Crippen MR) is 112 cm³/mol. The first-order chi connectivity index (χ1) is 14.5. The van der Waals surface area contributed by atoms with Gasteiger partial charge in [-0.05, 0) is 50.1 Å². The number of carbonyl (C=O) groups excluding carboxylic acids is 2. The van der Waals surface area contributed by atoms with Crippen LogP contribution in [0, 0.1) is 6.92 Å².